The van der Waals surface area contributed by atoms with Crippen LogP contribution in [0.5, 0.6) is 0 Å². The number of para-hydroxylation sites is 1. The van der Waals surface area contributed by atoms with E-state index in [4.69, 9.17) is 5.11 Å². The van der Waals surface area contributed by atoms with E-state index in [1.807, 2.05) is 30.3 Å². The second-order valence-electron chi connectivity index (χ2n) is 5.78. The van der Waals surface area contributed by atoms with Crippen LogP contribution in [-0.4, -0.2) is 29.3 Å². The standard InChI is InChI=1S/C17H17N3O4S2/c1-10-9-14(25-16(10)17(21)22)26(23,24)19-15-11(2)18-20(12(15)3)13-7-5-4-6-8-13/h4-9,19H,1-3H3,(H,21,22). The molecule has 9 heteroatoms. The van der Waals surface area contributed by atoms with Crippen LogP contribution in [0, 0.1) is 20.8 Å². The summed E-state index contributed by atoms with van der Waals surface area (Å²) >= 11 is 0.731. The summed E-state index contributed by atoms with van der Waals surface area (Å²) in [5, 5.41) is 13.5. The molecule has 0 unspecified atom stereocenters. The topological polar surface area (TPSA) is 101 Å². The largest absolute Gasteiger partial charge is 0.477 e. The lowest BCUT2D eigenvalue weighted by Gasteiger charge is -2.07. The molecule has 0 aliphatic carbocycles. The van der Waals surface area contributed by atoms with Crippen molar-refractivity contribution in [1.29, 1.82) is 0 Å². The lowest BCUT2D eigenvalue weighted by molar-refractivity contribution is 0.0701. The quantitative estimate of drug-likeness (QED) is 0.694. The van der Waals surface area contributed by atoms with E-state index in [-0.39, 0.29) is 9.09 Å². The van der Waals surface area contributed by atoms with E-state index in [1.54, 1.807) is 25.5 Å². The number of sulfonamides is 1. The van der Waals surface area contributed by atoms with Gasteiger partial charge in [0.1, 0.15) is 9.09 Å². The summed E-state index contributed by atoms with van der Waals surface area (Å²) in [7, 11) is -3.91. The van der Waals surface area contributed by atoms with E-state index in [9.17, 15) is 13.2 Å². The molecule has 136 valence electrons. The highest BCUT2D eigenvalue weighted by atomic mass is 32.2. The normalized spacial score (nSPS) is 11.5. The van der Waals surface area contributed by atoms with Crippen molar-refractivity contribution >= 4 is 33.0 Å². The summed E-state index contributed by atoms with van der Waals surface area (Å²) in [4.78, 5) is 11.2. The number of carbonyl (C=O) groups is 1. The maximum Gasteiger partial charge on any atom is 0.346 e. The average molecular weight is 391 g/mol. The SMILES string of the molecule is Cc1cc(S(=O)(=O)Nc2c(C)nn(-c3ccccc3)c2C)sc1C(=O)O. The zero-order valence-electron chi connectivity index (χ0n) is 14.3. The number of thiophene rings is 1. The lowest BCUT2D eigenvalue weighted by atomic mass is 10.3. The predicted octanol–water partition coefficient (Wildman–Crippen LogP) is 3.36. The maximum absolute atomic E-state index is 12.7. The van der Waals surface area contributed by atoms with Crippen LogP contribution in [0.4, 0.5) is 5.69 Å². The molecule has 1 aromatic carbocycles. The van der Waals surface area contributed by atoms with Crippen LogP contribution in [0.25, 0.3) is 5.69 Å². The Balaban J connectivity index is 2.00. The number of anilines is 1. The third-order valence-corrected chi connectivity index (χ3v) is 6.93. The van der Waals surface area contributed by atoms with Crippen LogP contribution in [-0.2, 0) is 10.0 Å². The molecular weight excluding hydrogens is 374 g/mol. The van der Waals surface area contributed by atoms with Gasteiger partial charge in [0.2, 0.25) is 0 Å². The second kappa shape index (κ2) is 6.58. The Morgan fingerprint density at radius 1 is 1.19 bits per heavy atom. The van der Waals surface area contributed by atoms with E-state index >= 15 is 0 Å². The third-order valence-electron chi connectivity index (χ3n) is 3.88. The molecule has 3 aromatic rings. The number of benzene rings is 1. The Kier molecular flexibility index (Phi) is 4.59. The summed E-state index contributed by atoms with van der Waals surface area (Å²) in [6.07, 6.45) is 0. The van der Waals surface area contributed by atoms with Gasteiger partial charge < -0.3 is 5.11 Å². The molecule has 0 spiro atoms. The smallest absolute Gasteiger partial charge is 0.346 e. The maximum atomic E-state index is 12.7. The molecule has 2 aromatic heterocycles. The first-order valence-corrected chi connectivity index (χ1v) is 9.99. The van der Waals surface area contributed by atoms with Crippen molar-refractivity contribution < 1.29 is 18.3 Å². The average Bonchev–Trinajstić information content (AvgIpc) is 3.11. The highest BCUT2D eigenvalue weighted by Gasteiger charge is 2.24. The summed E-state index contributed by atoms with van der Waals surface area (Å²) in [6, 6.07) is 10.7. The summed E-state index contributed by atoms with van der Waals surface area (Å²) < 4.78 is 29.6. The Morgan fingerprint density at radius 2 is 1.85 bits per heavy atom. The molecule has 2 N–H and O–H groups in total. The fourth-order valence-electron chi connectivity index (χ4n) is 2.59. The highest BCUT2D eigenvalue weighted by Crippen LogP contribution is 2.30. The first-order chi connectivity index (χ1) is 12.2. The van der Waals surface area contributed by atoms with Gasteiger partial charge >= 0.3 is 5.97 Å². The van der Waals surface area contributed by atoms with E-state index < -0.39 is 16.0 Å². The second-order valence-corrected chi connectivity index (χ2v) is 8.74. The minimum atomic E-state index is -3.91. The van der Waals surface area contributed by atoms with E-state index in [0.717, 1.165) is 17.0 Å². The van der Waals surface area contributed by atoms with Gasteiger partial charge in [-0.25, -0.2) is 17.9 Å². The molecule has 7 nitrogen and oxygen atoms in total. The van der Waals surface area contributed by atoms with Gasteiger partial charge in [-0.15, -0.1) is 11.3 Å². The number of nitrogens with one attached hydrogen (secondary N) is 1. The molecule has 0 saturated carbocycles. The Labute approximate surface area is 155 Å². The molecule has 0 amide bonds. The van der Waals surface area contributed by atoms with Gasteiger partial charge in [-0.3, -0.25) is 4.72 Å². The van der Waals surface area contributed by atoms with Gasteiger partial charge in [0, 0.05) is 0 Å². The molecule has 26 heavy (non-hydrogen) atoms. The van der Waals surface area contributed by atoms with E-state index in [2.05, 4.69) is 9.82 Å². The van der Waals surface area contributed by atoms with Crippen molar-refractivity contribution in [3.63, 3.8) is 0 Å². The monoisotopic (exact) mass is 391 g/mol. The number of aromatic carboxylic acids is 1. The van der Waals surface area contributed by atoms with Gasteiger partial charge in [-0.1, -0.05) is 18.2 Å². The third kappa shape index (κ3) is 3.23. The lowest BCUT2D eigenvalue weighted by Crippen LogP contribution is -2.13. The van der Waals surface area contributed by atoms with Crippen molar-refractivity contribution in [3.05, 3.63) is 58.2 Å². The molecule has 0 radical (unpaired) electrons. The van der Waals surface area contributed by atoms with Crippen molar-refractivity contribution in [1.82, 2.24) is 9.78 Å². The van der Waals surface area contributed by atoms with Crippen LogP contribution >= 0.6 is 11.3 Å². The molecule has 3 rings (SSSR count). The number of hydrogen-bond donors (Lipinski definition) is 2. The van der Waals surface area contributed by atoms with Crippen LogP contribution in [0.3, 0.4) is 0 Å². The Bertz CT molecular complexity index is 1080. The van der Waals surface area contributed by atoms with Crippen molar-refractivity contribution in [2.45, 2.75) is 25.0 Å². The number of carboxylic acids is 1. The zero-order valence-corrected chi connectivity index (χ0v) is 16.0. The van der Waals surface area contributed by atoms with E-state index in [0.29, 0.717) is 22.6 Å². The summed E-state index contributed by atoms with van der Waals surface area (Å²) in [6.45, 7) is 5.06. The molecular formula is C17H17N3O4S2. The molecule has 0 saturated heterocycles. The Hall–Kier alpha value is -2.65. The zero-order chi connectivity index (χ0) is 19.1. The molecule has 0 aliphatic heterocycles. The molecule has 0 aliphatic rings. The van der Waals surface area contributed by atoms with Crippen molar-refractivity contribution in [2.75, 3.05) is 4.72 Å². The predicted molar refractivity (Wildman–Crippen MR) is 99.9 cm³/mol. The van der Waals surface area contributed by atoms with Crippen LogP contribution in [0.1, 0.15) is 26.6 Å². The number of rotatable bonds is 5. The fourth-order valence-corrected chi connectivity index (χ4v) is 5.15. The highest BCUT2D eigenvalue weighted by molar-refractivity contribution is 7.94. The molecule has 0 bridgehead atoms. The van der Waals surface area contributed by atoms with Gasteiger partial charge in [0.05, 0.1) is 22.8 Å². The van der Waals surface area contributed by atoms with Gasteiger partial charge in [0.25, 0.3) is 10.0 Å². The number of hydrogen-bond acceptors (Lipinski definition) is 5. The minimum absolute atomic E-state index is 0.0128. The van der Waals surface area contributed by atoms with Gasteiger partial charge in [0.15, 0.2) is 0 Å². The van der Waals surface area contributed by atoms with Crippen LogP contribution in [0.15, 0.2) is 40.6 Å². The van der Waals surface area contributed by atoms with Crippen LogP contribution < -0.4 is 4.72 Å². The number of carboxylic acid groups (broad SMARTS) is 1. The van der Waals surface area contributed by atoms with E-state index in [1.165, 1.54) is 6.07 Å². The van der Waals surface area contributed by atoms with Crippen LogP contribution in [0.2, 0.25) is 0 Å². The molecule has 2 heterocycles. The van der Waals surface area contributed by atoms with Crippen molar-refractivity contribution in [2.24, 2.45) is 0 Å². The number of aromatic nitrogens is 2. The fraction of sp³-hybridized carbons (Fsp3) is 0.176. The molecule has 0 fully saturated rings. The van der Waals surface area contributed by atoms with Crippen molar-refractivity contribution in [3.8, 4) is 5.69 Å². The summed E-state index contributed by atoms with van der Waals surface area (Å²) in [5.41, 5.74) is 2.79. The minimum Gasteiger partial charge on any atom is -0.477 e. The Morgan fingerprint density at radius 3 is 2.42 bits per heavy atom. The number of aryl methyl sites for hydroxylation is 2. The first-order valence-electron chi connectivity index (χ1n) is 7.69. The summed E-state index contributed by atoms with van der Waals surface area (Å²) in [5.74, 6) is -1.14. The van der Waals surface area contributed by atoms with Gasteiger partial charge in [-0.2, -0.15) is 5.10 Å². The number of nitrogens with zero attached hydrogens (tertiary/aromatic N) is 2. The first kappa shape index (κ1) is 18.2. The van der Waals surface area contributed by atoms with Gasteiger partial charge in [-0.05, 0) is 44.5 Å². The molecule has 0 atom stereocenters.